The van der Waals surface area contributed by atoms with E-state index in [-0.39, 0.29) is 36.7 Å². The van der Waals surface area contributed by atoms with Gasteiger partial charge in [-0.15, -0.1) is 10.2 Å². The summed E-state index contributed by atoms with van der Waals surface area (Å²) < 4.78 is 41.0. The lowest BCUT2D eigenvalue weighted by Gasteiger charge is -2.14. The number of nitrogens with one attached hydrogen (secondary N) is 1. The first-order chi connectivity index (χ1) is 13.3. The predicted molar refractivity (Wildman–Crippen MR) is 99.1 cm³/mol. The first-order valence-corrected chi connectivity index (χ1v) is 10.3. The van der Waals surface area contributed by atoms with Crippen LogP contribution in [0.4, 0.5) is 14.9 Å². The molecule has 2 atom stereocenters. The summed E-state index contributed by atoms with van der Waals surface area (Å²) in [4.78, 5) is 24.3. The molecule has 1 fully saturated rings. The van der Waals surface area contributed by atoms with Gasteiger partial charge in [-0.1, -0.05) is 22.4 Å². The standard InChI is InChI=1S/C16H17FN4O5S2/c1-9(22)18-7-11-8-21(16(23)26-11)10-2-3-12(13(17)6-10)15-20-19-14(27-15)4-5-28(24)25/h2-3,6,11H,4-5,7-8H2,1H3,(H,18,22)(H,24,25)/p-1/t11-/m0/s1. The first-order valence-electron chi connectivity index (χ1n) is 8.24. The van der Waals surface area contributed by atoms with Crippen molar-refractivity contribution in [2.24, 2.45) is 0 Å². The van der Waals surface area contributed by atoms with Crippen molar-refractivity contribution in [3.05, 3.63) is 29.0 Å². The third-order valence-corrected chi connectivity index (χ3v) is 5.45. The first kappa shape index (κ1) is 20.3. The van der Waals surface area contributed by atoms with Crippen LogP contribution in [0.2, 0.25) is 0 Å². The van der Waals surface area contributed by atoms with E-state index < -0.39 is 29.1 Å². The van der Waals surface area contributed by atoms with Gasteiger partial charge in [0, 0.05) is 24.7 Å². The Labute approximate surface area is 166 Å². The summed E-state index contributed by atoms with van der Waals surface area (Å²) >= 11 is -1.07. The lowest BCUT2D eigenvalue weighted by atomic mass is 10.2. The average Bonchev–Trinajstić information content (AvgIpc) is 3.24. The van der Waals surface area contributed by atoms with Gasteiger partial charge in [0.05, 0.1) is 18.8 Å². The molecular formula is C16H16FN4O5S2-. The highest BCUT2D eigenvalue weighted by Gasteiger charge is 2.32. The van der Waals surface area contributed by atoms with Crippen LogP contribution in [0.3, 0.4) is 0 Å². The van der Waals surface area contributed by atoms with Crippen LogP contribution in [0.5, 0.6) is 0 Å². The normalized spacial score (nSPS) is 17.5. The predicted octanol–water partition coefficient (Wildman–Crippen LogP) is 1.23. The van der Waals surface area contributed by atoms with Gasteiger partial charge in [0.25, 0.3) is 0 Å². The monoisotopic (exact) mass is 427 g/mol. The Morgan fingerprint density at radius 2 is 2.29 bits per heavy atom. The number of carbonyl (C=O) groups is 2. The van der Waals surface area contributed by atoms with Gasteiger partial charge in [0.15, 0.2) is 5.01 Å². The molecule has 3 rings (SSSR count). The molecule has 9 nitrogen and oxygen atoms in total. The van der Waals surface area contributed by atoms with Crippen LogP contribution in [0.1, 0.15) is 11.9 Å². The molecule has 0 bridgehead atoms. The number of amides is 2. The van der Waals surface area contributed by atoms with Crippen molar-refractivity contribution in [2.45, 2.75) is 19.4 Å². The summed E-state index contributed by atoms with van der Waals surface area (Å²) in [7, 11) is 0. The number of rotatable bonds is 7. The molecule has 150 valence electrons. The summed E-state index contributed by atoms with van der Waals surface area (Å²) in [6.45, 7) is 1.73. The Balaban J connectivity index is 1.71. The Hall–Kier alpha value is -2.44. The van der Waals surface area contributed by atoms with Crippen molar-refractivity contribution in [3.63, 3.8) is 0 Å². The second-order valence-corrected chi connectivity index (χ2v) is 8.05. The number of hydrogen-bond donors (Lipinski definition) is 1. The Bertz CT molecular complexity index is 922. The molecule has 1 N–H and O–H groups in total. The summed E-state index contributed by atoms with van der Waals surface area (Å²) in [5.74, 6) is -0.902. The lowest BCUT2D eigenvalue weighted by molar-refractivity contribution is -0.119. The lowest BCUT2D eigenvalue weighted by Crippen LogP contribution is -2.33. The third kappa shape index (κ3) is 4.88. The zero-order valence-electron chi connectivity index (χ0n) is 14.7. The number of benzene rings is 1. The summed E-state index contributed by atoms with van der Waals surface area (Å²) in [5, 5.41) is 11.2. The smallest absolute Gasteiger partial charge is 0.414 e. The van der Waals surface area contributed by atoms with E-state index in [0.29, 0.717) is 15.7 Å². The summed E-state index contributed by atoms with van der Waals surface area (Å²) in [6.07, 6.45) is -0.925. The molecule has 28 heavy (non-hydrogen) atoms. The van der Waals surface area contributed by atoms with Crippen molar-refractivity contribution in [3.8, 4) is 10.6 Å². The van der Waals surface area contributed by atoms with Gasteiger partial charge >= 0.3 is 6.09 Å². The van der Waals surface area contributed by atoms with Crippen molar-refractivity contribution in [1.82, 2.24) is 15.5 Å². The van der Waals surface area contributed by atoms with Gasteiger partial charge in [0.1, 0.15) is 16.9 Å². The maximum Gasteiger partial charge on any atom is 0.414 e. The highest BCUT2D eigenvalue weighted by atomic mass is 32.2. The van der Waals surface area contributed by atoms with Crippen molar-refractivity contribution < 1.29 is 27.5 Å². The largest absolute Gasteiger partial charge is 0.772 e. The molecule has 0 saturated carbocycles. The van der Waals surface area contributed by atoms with E-state index >= 15 is 0 Å². The van der Waals surface area contributed by atoms with E-state index in [1.165, 1.54) is 24.0 Å². The molecule has 1 aliphatic heterocycles. The van der Waals surface area contributed by atoms with Gasteiger partial charge in [0.2, 0.25) is 5.91 Å². The molecule has 1 aromatic heterocycles. The summed E-state index contributed by atoms with van der Waals surface area (Å²) in [5.41, 5.74) is 0.529. The number of hydrogen-bond acceptors (Lipinski definition) is 8. The van der Waals surface area contributed by atoms with Crippen LogP contribution in [-0.2, 0) is 27.0 Å². The molecule has 1 unspecified atom stereocenters. The maximum atomic E-state index is 14.6. The Morgan fingerprint density at radius 1 is 1.50 bits per heavy atom. The number of halogens is 1. The van der Waals surface area contributed by atoms with Crippen molar-refractivity contribution in [2.75, 3.05) is 23.7 Å². The molecule has 12 heteroatoms. The fraction of sp³-hybridized carbons (Fsp3) is 0.375. The molecule has 1 saturated heterocycles. The van der Waals surface area contributed by atoms with E-state index in [0.717, 1.165) is 11.3 Å². The molecule has 0 aliphatic carbocycles. The minimum absolute atomic E-state index is 0.0766. The highest BCUT2D eigenvalue weighted by molar-refractivity contribution is 7.79. The quantitative estimate of drug-likeness (QED) is 0.659. The van der Waals surface area contributed by atoms with Crippen LogP contribution in [0.25, 0.3) is 10.6 Å². The number of nitrogens with zero attached hydrogens (tertiary/aromatic N) is 3. The van der Waals surface area contributed by atoms with Crippen molar-refractivity contribution >= 4 is 40.1 Å². The van der Waals surface area contributed by atoms with Crippen LogP contribution in [0, 0.1) is 5.82 Å². The third-order valence-electron chi connectivity index (χ3n) is 3.90. The number of ether oxygens (including phenoxy) is 1. The van der Waals surface area contributed by atoms with Crippen LogP contribution < -0.4 is 10.2 Å². The molecule has 2 heterocycles. The molecule has 1 aromatic carbocycles. The minimum Gasteiger partial charge on any atom is -0.772 e. The number of carbonyl (C=O) groups excluding carboxylic acids is 2. The number of anilines is 1. The van der Waals surface area contributed by atoms with E-state index in [4.69, 9.17) is 4.74 Å². The zero-order valence-corrected chi connectivity index (χ0v) is 16.3. The Kier molecular flexibility index (Phi) is 6.31. The molecule has 2 aromatic rings. The zero-order chi connectivity index (χ0) is 20.3. The SMILES string of the molecule is CC(=O)NC[C@H]1CN(c2ccc(-c3nnc(CCS(=O)[O-])s3)c(F)c2)C(=O)O1. The van der Waals surface area contributed by atoms with E-state index in [2.05, 4.69) is 15.5 Å². The fourth-order valence-electron chi connectivity index (χ4n) is 2.58. The minimum atomic E-state index is -2.18. The highest BCUT2D eigenvalue weighted by Crippen LogP contribution is 2.30. The maximum absolute atomic E-state index is 14.6. The second kappa shape index (κ2) is 8.71. The van der Waals surface area contributed by atoms with E-state index in [1.54, 1.807) is 6.07 Å². The second-order valence-electron chi connectivity index (χ2n) is 5.98. The van der Waals surface area contributed by atoms with Gasteiger partial charge in [-0.05, 0) is 18.2 Å². The Morgan fingerprint density at radius 3 is 2.96 bits per heavy atom. The average molecular weight is 427 g/mol. The van der Waals surface area contributed by atoms with Gasteiger partial charge in [-0.25, -0.2) is 9.18 Å². The van der Waals surface area contributed by atoms with Crippen LogP contribution in [0.15, 0.2) is 18.2 Å². The van der Waals surface area contributed by atoms with Crippen LogP contribution in [-0.4, -0.2) is 55.9 Å². The molecule has 0 radical (unpaired) electrons. The van der Waals surface area contributed by atoms with Gasteiger partial charge in [-0.3, -0.25) is 13.9 Å². The van der Waals surface area contributed by atoms with Crippen molar-refractivity contribution in [1.29, 1.82) is 0 Å². The number of aromatic nitrogens is 2. The molecular weight excluding hydrogens is 411 g/mol. The summed E-state index contributed by atoms with van der Waals surface area (Å²) in [6, 6.07) is 4.24. The van der Waals surface area contributed by atoms with E-state index in [1.807, 2.05) is 0 Å². The van der Waals surface area contributed by atoms with E-state index in [9.17, 15) is 22.7 Å². The molecule has 1 aliphatic rings. The fourth-order valence-corrected chi connectivity index (χ4v) is 3.93. The molecule has 2 amide bonds. The topological polar surface area (TPSA) is 125 Å². The van der Waals surface area contributed by atoms with Gasteiger partial charge in [-0.2, -0.15) is 0 Å². The molecule has 0 spiro atoms. The van der Waals surface area contributed by atoms with Crippen LogP contribution >= 0.6 is 11.3 Å². The number of cyclic esters (lactones) is 1. The number of aryl methyl sites for hydroxylation is 1. The van der Waals surface area contributed by atoms with Gasteiger partial charge < -0.3 is 14.6 Å².